The molecule has 1 amide bonds. The SMILES string of the molecule is CC(C)(C)c1cc(CCC(=O)Nc2cccc3ccc(C4C(=O)c5cc6ccc([N+](=O)[O-])cc6cc5C4=O)nc23)cc(C(C)(C)C)c1O. The van der Waals surface area contributed by atoms with Crippen LogP contribution in [0.1, 0.15) is 97.0 Å². The number of phenols is 1. The van der Waals surface area contributed by atoms with Crippen LogP contribution in [0.25, 0.3) is 21.7 Å². The molecule has 1 aliphatic carbocycles. The minimum Gasteiger partial charge on any atom is -0.507 e. The highest BCUT2D eigenvalue weighted by Gasteiger charge is 2.41. The van der Waals surface area contributed by atoms with Crippen molar-refractivity contribution in [2.75, 3.05) is 5.32 Å². The number of nitro benzene ring substituents is 1. The molecule has 1 atom stereocenters. The number of nitrogens with zero attached hydrogens (tertiary/aromatic N) is 2. The van der Waals surface area contributed by atoms with Gasteiger partial charge in [-0.1, -0.05) is 71.9 Å². The van der Waals surface area contributed by atoms with Gasteiger partial charge in [-0.2, -0.15) is 0 Å². The van der Waals surface area contributed by atoms with E-state index in [2.05, 4.69) is 5.32 Å². The van der Waals surface area contributed by atoms with E-state index >= 15 is 0 Å². The Morgan fingerprint density at radius 1 is 0.833 bits per heavy atom. The van der Waals surface area contributed by atoms with Crippen molar-refractivity contribution < 1.29 is 24.4 Å². The van der Waals surface area contributed by atoms with E-state index < -0.39 is 16.6 Å². The maximum absolute atomic E-state index is 13.6. The molecule has 6 rings (SSSR count). The van der Waals surface area contributed by atoms with Crippen molar-refractivity contribution >= 4 is 50.5 Å². The third kappa shape index (κ3) is 5.92. The lowest BCUT2D eigenvalue weighted by Crippen LogP contribution is -2.18. The zero-order chi connectivity index (χ0) is 34.7. The summed E-state index contributed by atoms with van der Waals surface area (Å²) in [6.07, 6.45) is 0.650. The van der Waals surface area contributed by atoms with Crippen molar-refractivity contribution in [1.29, 1.82) is 0 Å². The molecule has 244 valence electrons. The molecule has 48 heavy (non-hydrogen) atoms. The molecule has 5 aromatic rings. The number of aryl methyl sites for hydroxylation is 1. The number of amides is 1. The summed E-state index contributed by atoms with van der Waals surface area (Å²) < 4.78 is 0. The van der Waals surface area contributed by atoms with Gasteiger partial charge < -0.3 is 10.4 Å². The number of hydrogen-bond donors (Lipinski definition) is 2. The molecule has 1 heterocycles. The van der Waals surface area contributed by atoms with Crippen LogP contribution in [0.5, 0.6) is 5.75 Å². The van der Waals surface area contributed by atoms with Crippen molar-refractivity contribution in [1.82, 2.24) is 4.98 Å². The Morgan fingerprint density at radius 2 is 1.44 bits per heavy atom. The van der Waals surface area contributed by atoms with Crippen LogP contribution in [-0.2, 0) is 22.0 Å². The Bertz CT molecular complexity index is 2150. The van der Waals surface area contributed by atoms with E-state index in [0.29, 0.717) is 34.1 Å². The number of benzene rings is 4. The number of rotatable bonds is 6. The van der Waals surface area contributed by atoms with E-state index in [1.807, 2.05) is 59.7 Å². The number of carbonyl (C=O) groups is 3. The Labute approximate surface area is 278 Å². The van der Waals surface area contributed by atoms with E-state index in [0.717, 1.165) is 22.1 Å². The van der Waals surface area contributed by atoms with Gasteiger partial charge in [0.25, 0.3) is 5.69 Å². The minimum absolute atomic E-state index is 0.103. The molecule has 2 N–H and O–H groups in total. The van der Waals surface area contributed by atoms with Crippen LogP contribution in [0.3, 0.4) is 0 Å². The summed E-state index contributed by atoms with van der Waals surface area (Å²) >= 11 is 0. The normalized spacial score (nSPS) is 14.8. The van der Waals surface area contributed by atoms with E-state index in [-0.39, 0.29) is 51.4 Å². The van der Waals surface area contributed by atoms with Gasteiger partial charge in [-0.05, 0) is 75.0 Å². The molecule has 0 radical (unpaired) electrons. The average molecular weight is 644 g/mol. The third-order valence-electron chi connectivity index (χ3n) is 8.96. The van der Waals surface area contributed by atoms with Crippen LogP contribution >= 0.6 is 0 Å². The smallest absolute Gasteiger partial charge is 0.270 e. The number of carbonyl (C=O) groups excluding carboxylic acids is 3. The molecule has 9 nitrogen and oxygen atoms in total. The Balaban J connectivity index is 1.26. The predicted molar refractivity (Wildman–Crippen MR) is 186 cm³/mol. The number of nitrogens with one attached hydrogen (secondary N) is 1. The predicted octanol–water partition coefficient (Wildman–Crippen LogP) is 8.33. The first-order valence-corrected chi connectivity index (χ1v) is 15.9. The minimum atomic E-state index is -1.16. The zero-order valence-electron chi connectivity index (χ0n) is 27.8. The summed E-state index contributed by atoms with van der Waals surface area (Å²) in [7, 11) is 0. The lowest BCUT2D eigenvalue weighted by molar-refractivity contribution is -0.384. The van der Waals surface area contributed by atoms with E-state index in [4.69, 9.17) is 4.98 Å². The number of ketones is 2. The molecule has 0 aliphatic heterocycles. The summed E-state index contributed by atoms with van der Waals surface area (Å²) in [6.45, 7) is 12.3. The molecule has 0 spiro atoms. The molecule has 0 saturated carbocycles. The van der Waals surface area contributed by atoms with Gasteiger partial charge in [0.05, 0.1) is 21.8 Å². The van der Waals surface area contributed by atoms with Gasteiger partial charge in [-0.3, -0.25) is 24.5 Å². The van der Waals surface area contributed by atoms with E-state index in [9.17, 15) is 29.6 Å². The number of para-hydroxylation sites is 1. The number of aromatic nitrogens is 1. The fourth-order valence-electron chi connectivity index (χ4n) is 6.38. The summed E-state index contributed by atoms with van der Waals surface area (Å²) in [5.41, 5.74) is 3.60. The van der Waals surface area contributed by atoms with Crippen LogP contribution in [0.4, 0.5) is 11.4 Å². The maximum atomic E-state index is 13.6. The number of anilines is 1. The Morgan fingerprint density at radius 3 is 2.04 bits per heavy atom. The van der Waals surface area contributed by atoms with Crippen molar-refractivity contribution in [2.45, 2.75) is 71.1 Å². The van der Waals surface area contributed by atoms with Crippen LogP contribution in [0.15, 0.2) is 72.8 Å². The third-order valence-corrected chi connectivity index (χ3v) is 8.96. The highest BCUT2D eigenvalue weighted by atomic mass is 16.6. The van der Waals surface area contributed by atoms with E-state index in [1.54, 1.807) is 36.4 Å². The second-order valence-corrected chi connectivity index (χ2v) is 14.5. The van der Waals surface area contributed by atoms with Crippen LogP contribution in [0.2, 0.25) is 0 Å². The Hall–Kier alpha value is -5.44. The maximum Gasteiger partial charge on any atom is 0.270 e. The van der Waals surface area contributed by atoms with E-state index in [1.165, 1.54) is 18.2 Å². The number of fused-ring (bicyclic) bond motifs is 3. The second kappa shape index (κ2) is 11.7. The van der Waals surface area contributed by atoms with Gasteiger partial charge in [0.2, 0.25) is 5.91 Å². The van der Waals surface area contributed by atoms with Crippen LogP contribution < -0.4 is 5.32 Å². The standard InChI is InChI=1S/C39H37N3O6/c1-38(2,3)28-16-21(17-29(37(28)46)39(4,5)6)10-15-32(43)40-31-9-7-8-22-12-14-30(41-34(22)31)33-35(44)26-19-23-11-13-25(42(47)48)18-24(23)20-27(26)36(33)45/h7-9,11-14,16-20,33,46H,10,15H2,1-6H3,(H,40,43). The lowest BCUT2D eigenvalue weighted by atomic mass is 9.78. The van der Waals surface area contributed by atoms with Gasteiger partial charge in [-0.15, -0.1) is 0 Å². The average Bonchev–Trinajstić information content (AvgIpc) is 3.26. The molecule has 1 aliphatic rings. The number of phenolic OH excluding ortho intramolecular Hbond substituents is 1. The molecular formula is C39H37N3O6. The quantitative estimate of drug-likeness (QED) is 0.108. The Kier molecular flexibility index (Phi) is 7.90. The number of hydrogen-bond acceptors (Lipinski definition) is 7. The first-order valence-electron chi connectivity index (χ1n) is 15.9. The molecule has 0 bridgehead atoms. The monoisotopic (exact) mass is 643 g/mol. The molecule has 4 aromatic carbocycles. The summed E-state index contributed by atoms with van der Waals surface area (Å²) in [4.78, 5) is 56.0. The van der Waals surface area contributed by atoms with Gasteiger partial charge in [0, 0.05) is 35.1 Å². The van der Waals surface area contributed by atoms with Gasteiger partial charge in [0.1, 0.15) is 11.7 Å². The van der Waals surface area contributed by atoms with Crippen LogP contribution in [-0.4, -0.2) is 32.5 Å². The number of Topliss-reactive ketones (excluding diaryl/α,β-unsaturated/α-hetero) is 2. The summed E-state index contributed by atoms with van der Waals surface area (Å²) in [6, 6.07) is 20.2. The first kappa shape index (κ1) is 32.5. The first-order chi connectivity index (χ1) is 22.5. The van der Waals surface area contributed by atoms with Crippen LogP contribution in [0, 0.1) is 10.1 Å². The number of nitro groups is 1. The van der Waals surface area contributed by atoms with Gasteiger partial charge in [-0.25, -0.2) is 4.98 Å². The molecule has 0 fully saturated rings. The van der Waals surface area contributed by atoms with Crippen molar-refractivity contribution in [3.8, 4) is 5.75 Å². The largest absolute Gasteiger partial charge is 0.507 e. The van der Waals surface area contributed by atoms with Gasteiger partial charge >= 0.3 is 0 Å². The molecule has 9 heteroatoms. The highest BCUT2D eigenvalue weighted by Crippen LogP contribution is 2.41. The van der Waals surface area contributed by atoms with Crippen molar-refractivity contribution in [2.24, 2.45) is 0 Å². The molecule has 1 unspecified atom stereocenters. The fourth-order valence-corrected chi connectivity index (χ4v) is 6.38. The lowest BCUT2D eigenvalue weighted by Gasteiger charge is -2.28. The molecular weight excluding hydrogens is 606 g/mol. The molecule has 0 saturated heterocycles. The number of pyridine rings is 1. The summed E-state index contributed by atoms with van der Waals surface area (Å²) in [5, 5.41) is 27.2. The highest BCUT2D eigenvalue weighted by molar-refractivity contribution is 6.30. The van der Waals surface area contributed by atoms with Gasteiger partial charge in [0.15, 0.2) is 11.6 Å². The number of aromatic hydroxyl groups is 1. The van der Waals surface area contributed by atoms with Crippen molar-refractivity contribution in [3.05, 3.63) is 116 Å². The zero-order valence-corrected chi connectivity index (χ0v) is 27.8. The van der Waals surface area contributed by atoms with Crippen molar-refractivity contribution in [3.63, 3.8) is 0 Å². The number of non-ortho nitro benzene ring substituents is 1. The topological polar surface area (TPSA) is 140 Å². The summed E-state index contributed by atoms with van der Waals surface area (Å²) in [5.74, 6) is -1.90. The fraction of sp³-hybridized carbons (Fsp3) is 0.282. The second-order valence-electron chi connectivity index (χ2n) is 14.5. The molecule has 1 aromatic heterocycles.